The molecular formula is C22H16Cl2N2O3. The molecule has 0 aliphatic carbocycles. The van der Waals surface area contributed by atoms with E-state index < -0.39 is 0 Å². The van der Waals surface area contributed by atoms with Crippen LogP contribution in [0, 0.1) is 0 Å². The number of nitrogens with zero attached hydrogens (tertiary/aromatic N) is 1. The van der Waals surface area contributed by atoms with E-state index in [0.29, 0.717) is 50.5 Å². The highest BCUT2D eigenvalue weighted by Crippen LogP contribution is 2.29. The zero-order valence-electron chi connectivity index (χ0n) is 15.4. The molecule has 0 saturated carbocycles. The van der Waals surface area contributed by atoms with Gasteiger partial charge in [-0.2, -0.15) is 0 Å². The number of nitrogens with one attached hydrogen (secondary N) is 1. The number of hydrogen-bond donors (Lipinski definition) is 1. The summed E-state index contributed by atoms with van der Waals surface area (Å²) in [4.78, 5) is 16.8. The van der Waals surface area contributed by atoms with Crippen molar-refractivity contribution in [1.82, 2.24) is 4.98 Å². The maximum Gasteiger partial charge on any atom is 0.255 e. The second-order valence-electron chi connectivity index (χ2n) is 6.40. The van der Waals surface area contributed by atoms with Crippen LogP contribution in [0.1, 0.15) is 21.8 Å². The number of carbonyl (C=O) groups is 1. The quantitative estimate of drug-likeness (QED) is 0.425. The number of hydrogen-bond acceptors (Lipinski definition) is 4. The van der Waals surface area contributed by atoms with Gasteiger partial charge in [-0.05, 0) is 48.0 Å². The topological polar surface area (TPSA) is 64.4 Å². The third-order valence-corrected chi connectivity index (χ3v) is 4.85. The number of methoxy groups -OCH3 is 1. The van der Waals surface area contributed by atoms with Crippen molar-refractivity contribution in [2.24, 2.45) is 0 Å². The summed E-state index contributed by atoms with van der Waals surface area (Å²) in [5, 5.41) is 3.81. The fraction of sp³-hybridized carbons (Fsp3) is 0.0909. The number of halogens is 2. The lowest BCUT2D eigenvalue weighted by Gasteiger charge is -2.07. The van der Waals surface area contributed by atoms with E-state index in [0.717, 1.165) is 5.56 Å². The van der Waals surface area contributed by atoms with Gasteiger partial charge >= 0.3 is 0 Å². The normalized spacial score (nSPS) is 10.9. The highest BCUT2D eigenvalue weighted by atomic mass is 35.5. The van der Waals surface area contributed by atoms with Crippen LogP contribution in [0.3, 0.4) is 0 Å². The fourth-order valence-electron chi connectivity index (χ4n) is 2.93. The summed E-state index contributed by atoms with van der Waals surface area (Å²) in [6.45, 7) is 0. The van der Waals surface area contributed by atoms with Crippen LogP contribution in [-0.2, 0) is 6.42 Å². The Balaban J connectivity index is 1.46. The van der Waals surface area contributed by atoms with E-state index in [-0.39, 0.29) is 5.91 Å². The van der Waals surface area contributed by atoms with Gasteiger partial charge in [-0.1, -0.05) is 41.4 Å². The summed E-state index contributed by atoms with van der Waals surface area (Å²) >= 11 is 12.2. The molecule has 0 unspecified atom stereocenters. The first-order valence-electron chi connectivity index (χ1n) is 8.80. The van der Waals surface area contributed by atoms with Crippen molar-refractivity contribution in [1.29, 1.82) is 0 Å². The van der Waals surface area contributed by atoms with Crippen molar-refractivity contribution in [3.05, 3.63) is 87.7 Å². The van der Waals surface area contributed by atoms with Gasteiger partial charge in [0, 0.05) is 22.7 Å². The molecule has 0 bridgehead atoms. The summed E-state index contributed by atoms with van der Waals surface area (Å²) in [5.41, 5.74) is 3.34. The second-order valence-corrected chi connectivity index (χ2v) is 7.25. The Morgan fingerprint density at radius 3 is 2.66 bits per heavy atom. The minimum atomic E-state index is -0.206. The monoisotopic (exact) mass is 426 g/mol. The van der Waals surface area contributed by atoms with Crippen molar-refractivity contribution in [3.8, 4) is 5.75 Å². The van der Waals surface area contributed by atoms with E-state index in [1.807, 2.05) is 24.3 Å². The Hall–Kier alpha value is -3.02. The smallest absolute Gasteiger partial charge is 0.255 e. The number of aromatic nitrogens is 1. The van der Waals surface area contributed by atoms with E-state index in [9.17, 15) is 4.79 Å². The lowest BCUT2D eigenvalue weighted by atomic mass is 10.1. The minimum Gasteiger partial charge on any atom is -0.497 e. The predicted molar refractivity (Wildman–Crippen MR) is 114 cm³/mol. The SMILES string of the molecule is COc1cccc(C(=O)Nc2ccc(Cc3nc4cc(Cl)cc(Cl)c4o3)cc2)c1. The van der Waals surface area contributed by atoms with E-state index in [4.69, 9.17) is 32.4 Å². The average molecular weight is 427 g/mol. The van der Waals surface area contributed by atoms with Crippen LogP contribution in [0.4, 0.5) is 5.69 Å². The van der Waals surface area contributed by atoms with E-state index in [2.05, 4.69) is 10.3 Å². The largest absolute Gasteiger partial charge is 0.497 e. The van der Waals surface area contributed by atoms with Crippen LogP contribution in [0.2, 0.25) is 10.0 Å². The van der Waals surface area contributed by atoms with Crippen LogP contribution in [0.15, 0.2) is 65.1 Å². The Bertz CT molecular complexity index is 1190. The van der Waals surface area contributed by atoms with Gasteiger partial charge in [-0.15, -0.1) is 0 Å². The molecule has 0 radical (unpaired) electrons. The first kappa shape index (κ1) is 19.3. The van der Waals surface area contributed by atoms with Crippen LogP contribution in [0.25, 0.3) is 11.1 Å². The highest BCUT2D eigenvalue weighted by Gasteiger charge is 2.12. The predicted octanol–water partition coefficient (Wildman–Crippen LogP) is 5.99. The first-order chi connectivity index (χ1) is 14.0. The zero-order chi connectivity index (χ0) is 20.4. The van der Waals surface area contributed by atoms with E-state index in [1.54, 1.807) is 43.5 Å². The number of anilines is 1. The maximum atomic E-state index is 12.4. The summed E-state index contributed by atoms with van der Waals surface area (Å²) in [6, 6.07) is 17.8. The van der Waals surface area contributed by atoms with Gasteiger partial charge in [0.05, 0.1) is 12.1 Å². The zero-order valence-corrected chi connectivity index (χ0v) is 16.9. The molecule has 0 aliphatic rings. The van der Waals surface area contributed by atoms with Crippen molar-refractivity contribution >= 4 is 45.9 Å². The van der Waals surface area contributed by atoms with E-state index in [1.165, 1.54) is 0 Å². The Morgan fingerprint density at radius 2 is 1.90 bits per heavy atom. The molecule has 146 valence electrons. The molecule has 29 heavy (non-hydrogen) atoms. The molecule has 1 heterocycles. The number of amides is 1. The fourth-order valence-corrected chi connectivity index (χ4v) is 3.45. The lowest BCUT2D eigenvalue weighted by molar-refractivity contribution is 0.102. The molecule has 1 N–H and O–H groups in total. The lowest BCUT2D eigenvalue weighted by Crippen LogP contribution is -2.11. The number of fused-ring (bicyclic) bond motifs is 1. The van der Waals surface area contributed by atoms with Gasteiger partial charge in [0.15, 0.2) is 11.5 Å². The van der Waals surface area contributed by atoms with Crippen LogP contribution < -0.4 is 10.1 Å². The van der Waals surface area contributed by atoms with Crippen molar-refractivity contribution in [2.75, 3.05) is 12.4 Å². The molecule has 4 rings (SSSR count). The molecule has 1 amide bonds. The standard InChI is InChI=1S/C22H16Cl2N2O3/c1-28-17-4-2-3-14(10-17)22(27)25-16-7-5-13(6-8-16)9-20-26-19-12-15(23)11-18(24)21(19)29-20/h2-8,10-12H,9H2,1H3,(H,25,27). The Morgan fingerprint density at radius 1 is 1.10 bits per heavy atom. The molecule has 3 aromatic carbocycles. The van der Waals surface area contributed by atoms with Crippen molar-refractivity contribution < 1.29 is 13.9 Å². The maximum absolute atomic E-state index is 12.4. The number of carbonyl (C=O) groups excluding carboxylic acids is 1. The minimum absolute atomic E-state index is 0.206. The summed E-state index contributed by atoms with van der Waals surface area (Å²) in [6.07, 6.45) is 0.493. The van der Waals surface area contributed by atoms with Gasteiger partial charge < -0.3 is 14.5 Å². The third kappa shape index (κ3) is 4.36. The summed E-state index contributed by atoms with van der Waals surface area (Å²) in [5.74, 6) is 0.965. The Labute approximate surface area is 177 Å². The van der Waals surface area contributed by atoms with Gasteiger partial charge in [0.2, 0.25) is 0 Å². The molecular weight excluding hydrogens is 411 g/mol. The molecule has 0 fully saturated rings. The highest BCUT2D eigenvalue weighted by molar-refractivity contribution is 6.37. The van der Waals surface area contributed by atoms with E-state index >= 15 is 0 Å². The van der Waals surface area contributed by atoms with Gasteiger partial charge in [0.1, 0.15) is 11.3 Å². The second kappa shape index (κ2) is 8.15. The molecule has 0 saturated heterocycles. The molecule has 5 nitrogen and oxygen atoms in total. The molecule has 4 aromatic rings. The molecule has 0 aliphatic heterocycles. The van der Waals surface area contributed by atoms with Gasteiger partial charge in [-0.25, -0.2) is 4.98 Å². The first-order valence-corrected chi connectivity index (χ1v) is 9.56. The number of rotatable bonds is 5. The third-order valence-electron chi connectivity index (χ3n) is 4.35. The van der Waals surface area contributed by atoms with Gasteiger partial charge in [0.25, 0.3) is 5.91 Å². The molecule has 7 heteroatoms. The Kier molecular flexibility index (Phi) is 5.43. The number of oxazole rings is 1. The van der Waals surface area contributed by atoms with Gasteiger partial charge in [-0.3, -0.25) is 4.79 Å². The van der Waals surface area contributed by atoms with Crippen molar-refractivity contribution in [3.63, 3.8) is 0 Å². The number of ether oxygens (including phenoxy) is 1. The summed E-state index contributed by atoms with van der Waals surface area (Å²) < 4.78 is 10.9. The van der Waals surface area contributed by atoms with Crippen LogP contribution in [-0.4, -0.2) is 18.0 Å². The molecule has 0 atom stereocenters. The van der Waals surface area contributed by atoms with Crippen LogP contribution >= 0.6 is 23.2 Å². The average Bonchev–Trinajstić information content (AvgIpc) is 3.12. The summed E-state index contributed by atoms with van der Waals surface area (Å²) in [7, 11) is 1.56. The number of benzene rings is 3. The molecule has 1 aromatic heterocycles. The van der Waals surface area contributed by atoms with Crippen molar-refractivity contribution in [2.45, 2.75) is 6.42 Å². The van der Waals surface area contributed by atoms with Crippen LogP contribution in [0.5, 0.6) is 5.75 Å². The molecule has 0 spiro atoms.